The predicted octanol–water partition coefficient (Wildman–Crippen LogP) is 1.32. The summed E-state index contributed by atoms with van der Waals surface area (Å²) >= 11 is 1.06. The Morgan fingerprint density at radius 2 is 2.27 bits per heavy atom. The average molecular weight is 224 g/mol. The van der Waals surface area contributed by atoms with Crippen LogP contribution in [0, 0.1) is 5.95 Å². The molecule has 0 aromatic carbocycles. The van der Waals surface area contributed by atoms with Crippen molar-refractivity contribution in [1.82, 2.24) is 14.6 Å². The molecule has 0 bridgehead atoms. The maximum atomic E-state index is 12.5. The minimum absolute atomic E-state index is 0.282. The van der Waals surface area contributed by atoms with Crippen molar-refractivity contribution < 1.29 is 9.18 Å². The quantitative estimate of drug-likeness (QED) is 0.781. The summed E-state index contributed by atoms with van der Waals surface area (Å²) in [6.45, 7) is 0. The third kappa shape index (κ3) is 2.32. The summed E-state index contributed by atoms with van der Waals surface area (Å²) < 4.78 is 16.1. The first-order valence-corrected chi connectivity index (χ1v) is 4.73. The van der Waals surface area contributed by atoms with Gasteiger partial charge in [-0.2, -0.15) is 4.39 Å². The van der Waals surface area contributed by atoms with Crippen LogP contribution in [0.1, 0.15) is 10.4 Å². The van der Waals surface area contributed by atoms with Gasteiger partial charge in [0.15, 0.2) is 0 Å². The van der Waals surface area contributed by atoms with E-state index in [1.165, 1.54) is 18.5 Å². The minimum Gasteiger partial charge on any atom is -0.311 e. The molecule has 0 saturated heterocycles. The Kier molecular flexibility index (Phi) is 2.64. The summed E-state index contributed by atoms with van der Waals surface area (Å²) in [4.78, 5) is 14.9. The van der Waals surface area contributed by atoms with Gasteiger partial charge in [0.2, 0.25) is 5.95 Å². The highest BCUT2D eigenvalue weighted by Crippen LogP contribution is 2.11. The van der Waals surface area contributed by atoms with Gasteiger partial charge in [0, 0.05) is 17.7 Å². The first-order valence-electron chi connectivity index (χ1n) is 3.96. The van der Waals surface area contributed by atoms with Crippen LogP contribution in [0.2, 0.25) is 0 Å². The standard InChI is InChI=1S/C8H5FN4OS/c9-6-2-1-5(3-10-6)8(14)12-7-4-11-13-15-7/h1-4H,(H,12,14). The van der Waals surface area contributed by atoms with E-state index in [0.717, 1.165) is 17.6 Å². The molecule has 15 heavy (non-hydrogen) atoms. The molecule has 1 N–H and O–H groups in total. The maximum Gasteiger partial charge on any atom is 0.257 e. The monoisotopic (exact) mass is 224 g/mol. The molecule has 0 saturated carbocycles. The van der Waals surface area contributed by atoms with Crippen molar-refractivity contribution in [3.05, 3.63) is 36.0 Å². The lowest BCUT2D eigenvalue weighted by molar-refractivity contribution is 0.102. The molecule has 0 aliphatic heterocycles. The zero-order valence-corrected chi connectivity index (χ0v) is 8.16. The second-order valence-electron chi connectivity index (χ2n) is 2.61. The summed E-state index contributed by atoms with van der Waals surface area (Å²) in [6.07, 6.45) is 2.60. The molecule has 2 aromatic heterocycles. The smallest absolute Gasteiger partial charge is 0.257 e. The van der Waals surface area contributed by atoms with Crippen molar-refractivity contribution in [2.45, 2.75) is 0 Å². The van der Waals surface area contributed by atoms with Gasteiger partial charge in [0.1, 0.15) is 5.00 Å². The van der Waals surface area contributed by atoms with Crippen LogP contribution in [0.3, 0.4) is 0 Å². The molecule has 0 unspecified atom stereocenters. The number of anilines is 1. The van der Waals surface area contributed by atoms with E-state index < -0.39 is 5.95 Å². The van der Waals surface area contributed by atoms with Gasteiger partial charge in [-0.3, -0.25) is 4.79 Å². The van der Waals surface area contributed by atoms with Crippen LogP contribution in [0.25, 0.3) is 0 Å². The molecule has 2 heterocycles. The molecule has 0 aliphatic rings. The van der Waals surface area contributed by atoms with E-state index in [2.05, 4.69) is 19.9 Å². The number of pyridine rings is 1. The summed E-state index contributed by atoms with van der Waals surface area (Å²) in [6, 6.07) is 2.48. The number of carbonyl (C=O) groups is 1. The number of amides is 1. The minimum atomic E-state index is -0.619. The van der Waals surface area contributed by atoms with E-state index >= 15 is 0 Å². The average Bonchev–Trinajstić information content (AvgIpc) is 2.71. The molecule has 5 nitrogen and oxygen atoms in total. The molecule has 0 atom stereocenters. The van der Waals surface area contributed by atoms with Crippen LogP contribution >= 0.6 is 11.5 Å². The lowest BCUT2D eigenvalue weighted by Gasteiger charge is -1.99. The van der Waals surface area contributed by atoms with Crippen LogP contribution in [0.4, 0.5) is 9.39 Å². The van der Waals surface area contributed by atoms with Crippen molar-refractivity contribution in [3.8, 4) is 0 Å². The number of nitrogens with zero attached hydrogens (tertiary/aromatic N) is 3. The molecule has 2 rings (SSSR count). The predicted molar refractivity (Wildman–Crippen MR) is 52.1 cm³/mol. The highest BCUT2D eigenvalue weighted by atomic mass is 32.1. The molecule has 7 heteroatoms. The molecule has 76 valence electrons. The van der Waals surface area contributed by atoms with E-state index in [4.69, 9.17) is 0 Å². The Morgan fingerprint density at radius 3 is 2.87 bits per heavy atom. The van der Waals surface area contributed by atoms with Crippen LogP contribution in [0.5, 0.6) is 0 Å². The highest BCUT2D eigenvalue weighted by Gasteiger charge is 2.07. The fourth-order valence-corrected chi connectivity index (χ4v) is 1.33. The molecule has 0 aliphatic carbocycles. The Bertz CT molecular complexity index is 456. The Morgan fingerprint density at radius 1 is 1.40 bits per heavy atom. The van der Waals surface area contributed by atoms with Gasteiger partial charge >= 0.3 is 0 Å². The number of aromatic nitrogens is 3. The second-order valence-corrected chi connectivity index (χ2v) is 3.39. The van der Waals surface area contributed by atoms with E-state index in [9.17, 15) is 9.18 Å². The van der Waals surface area contributed by atoms with E-state index in [1.807, 2.05) is 0 Å². The second kappa shape index (κ2) is 4.09. The van der Waals surface area contributed by atoms with Crippen molar-refractivity contribution in [2.24, 2.45) is 0 Å². The first-order chi connectivity index (χ1) is 7.25. The Labute approximate surface area is 88.1 Å². The number of carbonyl (C=O) groups excluding carboxylic acids is 1. The topological polar surface area (TPSA) is 67.8 Å². The van der Waals surface area contributed by atoms with Crippen molar-refractivity contribution in [1.29, 1.82) is 0 Å². The molecule has 0 radical (unpaired) electrons. The van der Waals surface area contributed by atoms with Gasteiger partial charge in [-0.25, -0.2) is 4.98 Å². The lowest BCUT2D eigenvalue weighted by Crippen LogP contribution is -2.11. The van der Waals surface area contributed by atoms with E-state index in [0.29, 0.717) is 5.00 Å². The molecule has 1 amide bonds. The fourth-order valence-electron chi connectivity index (χ4n) is 0.916. The largest absolute Gasteiger partial charge is 0.311 e. The van der Waals surface area contributed by atoms with Crippen LogP contribution in [0.15, 0.2) is 24.5 Å². The van der Waals surface area contributed by atoms with Crippen LogP contribution in [-0.4, -0.2) is 20.5 Å². The molecular formula is C8H5FN4OS. The van der Waals surface area contributed by atoms with Crippen LogP contribution < -0.4 is 5.32 Å². The summed E-state index contributed by atoms with van der Waals surface area (Å²) in [5.74, 6) is -0.987. The number of halogens is 1. The van der Waals surface area contributed by atoms with Crippen molar-refractivity contribution >= 4 is 22.4 Å². The van der Waals surface area contributed by atoms with E-state index in [-0.39, 0.29) is 11.5 Å². The van der Waals surface area contributed by atoms with E-state index in [1.54, 1.807) is 0 Å². The van der Waals surface area contributed by atoms with Gasteiger partial charge in [-0.15, -0.1) is 5.10 Å². The third-order valence-corrected chi connectivity index (χ3v) is 2.17. The van der Waals surface area contributed by atoms with Crippen LogP contribution in [-0.2, 0) is 0 Å². The van der Waals surface area contributed by atoms with Gasteiger partial charge in [0.05, 0.1) is 11.8 Å². The summed E-state index contributed by atoms with van der Waals surface area (Å²) in [5, 5.41) is 6.64. The van der Waals surface area contributed by atoms with Crippen molar-refractivity contribution in [2.75, 3.05) is 5.32 Å². The lowest BCUT2D eigenvalue weighted by atomic mass is 10.3. The van der Waals surface area contributed by atoms with Gasteiger partial charge in [-0.1, -0.05) is 4.49 Å². The summed E-state index contributed by atoms with van der Waals surface area (Å²) in [7, 11) is 0. The molecular weight excluding hydrogens is 219 g/mol. The number of hydrogen-bond donors (Lipinski definition) is 1. The number of nitrogens with one attached hydrogen (secondary N) is 1. The van der Waals surface area contributed by atoms with Gasteiger partial charge in [-0.05, 0) is 12.1 Å². The molecule has 0 spiro atoms. The zero-order valence-electron chi connectivity index (χ0n) is 7.35. The Balaban J connectivity index is 2.11. The van der Waals surface area contributed by atoms with Gasteiger partial charge in [0.25, 0.3) is 5.91 Å². The summed E-state index contributed by atoms with van der Waals surface area (Å²) in [5.41, 5.74) is 0.282. The normalized spacial score (nSPS) is 9.93. The Hall–Kier alpha value is -1.89. The molecule has 0 fully saturated rings. The zero-order chi connectivity index (χ0) is 10.7. The maximum absolute atomic E-state index is 12.5. The highest BCUT2D eigenvalue weighted by molar-refractivity contribution is 7.10. The number of rotatable bonds is 2. The van der Waals surface area contributed by atoms with Gasteiger partial charge < -0.3 is 5.32 Å². The molecule has 2 aromatic rings. The third-order valence-electron chi connectivity index (χ3n) is 1.59. The number of hydrogen-bond acceptors (Lipinski definition) is 5. The van der Waals surface area contributed by atoms with Crippen molar-refractivity contribution in [3.63, 3.8) is 0 Å². The fraction of sp³-hybridized carbons (Fsp3) is 0. The first kappa shape index (κ1) is 9.66. The SMILES string of the molecule is O=C(Nc1cnns1)c1ccc(F)nc1.